The lowest BCUT2D eigenvalue weighted by atomic mass is 10.2. The summed E-state index contributed by atoms with van der Waals surface area (Å²) in [7, 11) is 0. The topological polar surface area (TPSA) is 41.6 Å². The van der Waals surface area contributed by atoms with Crippen molar-refractivity contribution in [1.29, 1.82) is 0 Å². The monoisotopic (exact) mass is 268 g/mol. The Hall–Kier alpha value is -0.610. The predicted octanol–water partition coefficient (Wildman–Crippen LogP) is 1.93. The fourth-order valence-electron chi connectivity index (χ4n) is 2.55. The van der Waals surface area contributed by atoms with Gasteiger partial charge in [0.15, 0.2) is 0 Å². The first-order valence-electron chi connectivity index (χ1n) is 7.91. The fraction of sp³-hybridized carbons (Fsp3) is 0.933. The maximum absolute atomic E-state index is 12.0. The fourth-order valence-corrected chi connectivity index (χ4v) is 2.55. The van der Waals surface area contributed by atoms with E-state index in [1.54, 1.807) is 0 Å². The van der Waals surface area contributed by atoms with Gasteiger partial charge in [0.25, 0.3) is 0 Å². The second kappa shape index (κ2) is 7.25. The largest absolute Gasteiger partial charge is 0.465 e. The van der Waals surface area contributed by atoms with E-state index in [9.17, 15) is 4.79 Å². The Morgan fingerprint density at radius 2 is 2.00 bits per heavy atom. The van der Waals surface area contributed by atoms with Crippen LogP contribution in [-0.4, -0.2) is 48.7 Å². The van der Waals surface area contributed by atoms with Crippen molar-refractivity contribution >= 4 is 5.97 Å². The highest BCUT2D eigenvalue weighted by Crippen LogP contribution is 2.27. The van der Waals surface area contributed by atoms with Crippen molar-refractivity contribution in [3.05, 3.63) is 0 Å². The zero-order valence-corrected chi connectivity index (χ0v) is 12.4. The zero-order chi connectivity index (χ0) is 13.7. The summed E-state index contributed by atoms with van der Waals surface area (Å²) in [6.45, 7) is 6.74. The van der Waals surface area contributed by atoms with Gasteiger partial charge in [-0.15, -0.1) is 0 Å². The van der Waals surface area contributed by atoms with Gasteiger partial charge in [0.1, 0.15) is 6.04 Å². The molecule has 0 aromatic carbocycles. The van der Waals surface area contributed by atoms with Gasteiger partial charge in [-0.3, -0.25) is 4.79 Å². The van der Waals surface area contributed by atoms with Gasteiger partial charge in [0, 0.05) is 18.6 Å². The predicted molar refractivity (Wildman–Crippen MR) is 76.1 cm³/mol. The molecule has 110 valence electrons. The standard InChI is InChI=1S/C15H28N2O2/c1-3-10-17(13-7-8-13)11-9-14(15(18)19-4-2)16-12-5-6-12/h12-14,16H,3-11H2,1-2H3. The molecule has 0 aromatic heterocycles. The average molecular weight is 268 g/mol. The molecule has 2 aliphatic rings. The maximum atomic E-state index is 12.0. The highest BCUT2D eigenvalue weighted by Gasteiger charge is 2.32. The summed E-state index contributed by atoms with van der Waals surface area (Å²) < 4.78 is 5.18. The summed E-state index contributed by atoms with van der Waals surface area (Å²) in [5.74, 6) is -0.0679. The van der Waals surface area contributed by atoms with Crippen LogP contribution in [0.5, 0.6) is 0 Å². The Morgan fingerprint density at radius 1 is 1.26 bits per heavy atom. The van der Waals surface area contributed by atoms with Crippen LogP contribution in [0.2, 0.25) is 0 Å². The van der Waals surface area contributed by atoms with Gasteiger partial charge in [-0.2, -0.15) is 0 Å². The van der Waals surface area contributed by atoms with E-state index in [0.29, 0.717) is 12.6 Å². The third-order valence-corrected chi connectivity index (χ3v) is 3.86. The molecular weight excluding hydrogens is 240 g/mol. The minimum Gasteiger partial charge on any atom is -0.465 e. The summed E-state index contributed by atoms with van der Waals surface area (Å²) in [5, 5.41) is 3.43. The minimum absolute atomic E-state index is 0.0679. The number of ether oxygens (including phenoxy) is 1. The molecule has 1 unspecified atom stereocenters. The quantitative estimate of drug-likeness (QED) is 0.615. The Balaban J connectivity index is 1.78. The molecule has 0 heterocycles. The molecule has 4 heteroatoms. The Kier molecular flexibility index (Phi) is 5.64. The third kappa shape index (κ3) is 5.11. The molecular formula is C15H28N2O2. The molecule has 0 aliphatic heterocycles. The van der Waals surface area contributed by atoms with Gasteiger partial charge >= 0.3 is 5.97 Å². The number of carbonyl (C=O) groups is 1. The van der Waals surface area contributed by atoms with Crippen LogP contribution < -0.4 is 5.32 Å². The molecule has 2 saturated carbocycles. The highest BCUT2D eigenvalue weighted by atomic mass is 16.5. The van der Waals surface area contributed by atoms with Crippen LogP contribution in [0.25, 0.3) is 0 Å². The van der Waals surface area contributed by atoms with Crippen LogP contribution in [0.1, 0.15) is 52.4 Å². The smallest absolute Gasteiger partial charge is 0.323 e. The number of carbonyl (C=O) groups excluding carboxylic acids is 1. The Labute approximate surface area is 116 Å². The van der Waals surface area contributed by atoms with Crippen LogP contribution in [0.3, 0.4) is 0 Å². The zero-order valence-electron chi connectivity index (χ0n) is 12.4. The second-order valence-corrected chi connectivity index (χ2v) is 5.80. The van der Waals surface area contributed by atoms with Gasteiger partial charge in [-0.25, -0.2) is 0 Å². The molecule has 0 saturated heterocycles. The van der Waals surface area contributed by atoms with E-state index in [2.05, 4.69) is 17.1 Å². The molecule has 1 N–H and O–H groups in total. The molecule has 0 aromatic rings. The number of nitrogens with one attached hydrogen (secondary N) is 1. The number of nitrogens with zero attached hydrogens (tertiary/aromatic N) is 1. The molecule has 19 heavy (non-hydrogen) atoms. The van der Waals surface area contributed by atoms with Crippen molar-refractivity contribution < 1.29 is 9.53 Å². The van der Waals surface area contributed by atoms with Crippen molar-refractivity contribution in [1.82, 2.24) is 10.2 Å². The van der Waals surface area contributed by atoms with Crippen molar-refractivity contribution in [3.63, 3.8) is 0 Å². The molecule has 0 spiro atoms. The molecule has 2 rings (SSSR count). The lowest BCUT2D eigenvalue weighted by Crippen LogP contribution is -2.42. The van der Waals surface area contributed by atoms with E-state index < -0.39 is 0 Å². The summed E-state index contributed by atoms with van der Waals surface area (Å²) in [4.78, 5) is 14.5. The van der Waals surface area contributed by atoms with Crippen LogP contribution in [0, 0.1) is 0 Å². The number of rotatable bonds is 10. The molecule has 0 bridgehead atoms. The van der Waals surface area contributed by atoms with E-state index in [-0.39, 0.29) is 12.0 Å². The van der Waals surface area contributed by atoms with Gasteiger partial charge in [-0.05, 0) is 52.0 Å². The van der Waals surface area contributed by atoms with Crippen molar-refractivity contribution in [2.45, 2.75) is 70.5 Å². The van der Waals surface area contributed by atoms with Crippen molar-refractivity contribution in [3.8, 4) is 0 Å². The third-order valence-electron chi connectivity index (χ3n) is 3.86. The highest BCUT2D eigenvalue weighted by molar-refractivity contribution is 5.75. The van der Waals surface area contributed by atoms with Crippen molar-refractivity contribution in [2.24, 2.45) is 0 Å². The van der Waals surface area contributed by atoms with E-state index in [1.807, 2.05) is 6.92 Å². The lowest BCUT2D eigenvalue weighted by molar-refractivity contribution is -0.146. The van der Waals surface area contributed by atoms with Crippen LogP contribution in [-0.2, 0) is 9.53 Å². The van der Waals surface area contributed by atoms with Gasteiger partial charge < -0.3 is 15.0 Å². The maximum Gasteiger partial charge on any atom is 0.323 e. The second-order valence-electron chi connectivity index (χ2n) is 5.80. The van der Waals surface area contributed by atoms with E-state index in [4.69, 9.17) is 4.74 Å². The SMILES string of the molecule is CCCN(CCC(NC1CC1)C(=O)OCC)C1CC1. The van der Waals surface area contributed by atoms with E-state index in [0.717, 1.165) is 25.6 Å². The summed E-state index contributed by atoms with van der Waals surface area (Å²) >= 11 is 0. The first-order valence-corrected chi connectivity index (χ1v) is 7.91. The van der Waals surface area contributed by atoms with Crippen LogP contribution >= 0.6 is 0 Å². The first-order chi connectivity index (χ1) is 9.24. The number of hydrogen-bond acceptors (Lipinski definition) is 4. The molecule has 4 nitrogen and oxygen atoms in total. The van der Waals surface area contributed by atoms with Crippen LogP contribution in [0.15, 0.2) is 0 Å². The van der Waals surface area contributed by atoms with E-state index >= 15 is 0 Å². The van der Waals surface area contributed by atoms with Crippen LogP contribution in [0.4, 0.5) is 0 Å². The number of hydrogen-bond donors (Lipinski definition) is 1. The average Bonchev–Trinajstić information content (AvgIpc) is 3.27. The van der Waals surface area contributed by atoms with Gasteiger partial charge in [-0.1, -0.05) is 6.92 Å². The van der Waals surface area contributed by atoms with E-state index in [1.165, 1.54) is 32.1 Å². The molecule has 2 aliphatic carbocycles. The first kappa shape index (κ1) is 14.8. The molecule has 1 atom stereocenters. The Morgan fingerprint density at radius 3 is 2.53 bits per heavy atom. The summed E-state index contributed by atoms with van der Waals surface area (Å²) in [6, 6.07) is 1.23. The van der Waals surface area contributed by atoms with Gasteiger partial charge in [0.2, 0.25) is 0 Å². The Bertz CT molecular complexity index is 288. The lowest BCUT2D eigenvalue weighted by Gasteiger charge is -2.24. The molecule has 2 fully saturated rings. The minimum atomic E-state index is -0.106. The number of esters is 1. The molecule has 0 radical (unpaired) electrons. The molecule has 0 amide bonds. The normalized spacial score (nSPS) is 20.6. The van der Waals surface area contributed by atoms with Crippen molar-refractivity contribution in [2.75, 3.05) is 19.7 Å². The summed E-state index contributed by atoms with van der Waals surface area (Å²) in [6.07, 6.45) is 7.15. The summed E-state index contributed by atoms with van der Waals surface area (Å²) in [5.41, 5.74) is 0. The van der Waals surface area contributed by atoms with Gasteiger partial charge in [0.05, 0.1) is 6.61 Å².